The van der Waals surface area contributed by atoms with Gasteiger partial charge in [-0.2, -0.15) is 0 Å². The van der Waals surface area contributed by atoms with E-state index < -0.39 is 0 Å². The summed E-state index contributed by atoms with van der Waals surface area (Å²) in [6.45, 7) is 0.422. The van der Waals surface area contributed by atoms with Crippen LogP contribution in [0, 0.1) is 0 Å². The van der Waals surface area contributed by atoms with E-state index in [1.807, 2.05) is 42.5 Å². The van der Waals surface area contributed by atoms with Crippen molar-refractivity contribution in [2.45, 2.75) is 6.61 Å². The fourth-order valence-corrected chi connectivity index (χ4v) is 1.93. The molecule has 0 spiro atoms. The average molecular weight is 303 g/mol. The third kappa shape index (κ3) is 4.36. The summed E-state index contributed by atoms with van der Waals surface area (Å²) in [4.78, 5) is 10.5. The molecule has 0 unspecified atom stereocenters. The molecule has 0 fully saturated rings. The molecule has 2 aromatic rings. The van der Waals surface area contributed by atoms with Crippen molar-refractivity contribution in [2.75, 3.05) is 7.11 Å². The number of allylic oxidation sites excluding steroid dienone is 1. The molecule has 0 aliphatic rings. The maximum absolute atomic E-state index is 10.5. The molecule has 3 nitrogen and oxygen atoms in total. The molecule has 0 bridgehead atoms. The molecule has 108 valence electrons. The first kappa shape index (κ1) is 15.1. The van der Waals surface area contributed by atoms with Crippen LogP contribution in [0.4, 0.5) is 0 Å². The highest BCUT2D eigenvalue weighted by Crippen LogP contribution is 2.26. The molecule has 0 aliphatic heterocycles. The second-order valence-corrected chi connectivity index (χ2v) is 4.75. The maximum Gasteiger partial charge on any atom is 0.142 e. The van der Waals surface area contributed by atoms with Crippen molar-refractivity contribution in [3.05, 3.63) is 64.7 Å². The molecule has 0 radical (unpaired) electrons. The molecule has 0 amide bonds. The zero-order valence-electron chi connectivity index (χ0n) is 11.6. The number of hydrogen-bond acceptors (Lipinski definition) is 3. The van der Waals surface area contributed by atoms with E-state index in [0.29, 0.717) is 23.1 Å². The lowest BCUT2D eigenvalue weighted by molar-refractivity contribution is -0.104. The molecule has 0 saturated carbocycles. The summed E-state index contributed by atoms with van der Waals surface area (Å²) in [7, 11) is 1.59. The van der Waals surface area contributed by atoms with Crippen LogP contribution in [0.1, 0.15) is 11.1 Å². The highest BCUT2D eigenvalue weighted by molar-refractivity contribution is 6.30. The van der Waals surface area contributed by atoms with E-state index in [4.69, 9.17) is 21.1 Å². The van der Waals surface area contributed by atoms with Crippen LogP contribution >= 0.6 is 11.6 Å². The summed E-state index contributed by atoms with van der Waals surface area (Å²) >= 11 is 5.85. The molecule has 0 heterocycles. The summed E-state index contributed by atoms with van der Waals surface area (Å²) < 4.78 is 11.0. The summed E-state index contributed by atoms with van der Waals surface area (Å²) in [6.07, 6.45) is 3.83. The molecular weight excluding hydrogens is 288 g/mol. The quantitative estimate of drug-likeness (QED) is 0.594. The van der Waals surface area contributed by atoms with Crippen molar-refractivity contribution < 1.29 is 14.3 Å². The van der Waals surface area contributed by atoms with E-state index in [1.165, 1.54) is 6.08 Å². The van der Waals surface area contributed by atoms with Gasteiger partial charge >= 0.3 is 0 Å². The van der Waals surface area contributed by atoms with E-state index in [1.54, 1.807) is 13.2 Å². The van der Waals surface area contributed by atoms with Crippen LogP contribution in [0.5, 0.6) is 11.5 Å². The predicted octanol–water partition coefficient (Wildman–Crippen LogP) is 4.14. The number of hydrogen-bond donors (Lipinski definition) is 0. The molecular formula is C17H15ClO3. The van der Waals surface area contributed by atoms with Gasteiger partial charge in [-0.15, -0.1) is 0 Å². The van der Waals surface area contributed by atoms with Crippen molar-refractivity contribution in [1.82, 2.24) is 0 Å². The van der Waals surface area contributed by atoms with Crippen LogP contribution in [-0.4, -0.2) is 13.4 Å². The van der Waals surface area contributed by atoms with Crippen molar-refractivity contribution in [3.63, 3.8) is 0 Å². The molecule has 4 heteroatoms. The van der Waals surface area contributed by atoms with E-state index in [2.05, 4.69) is 0 Å². The number of benzene rings is 2. The van der Waals surface area contributed by atoms with E-state index in [0.717, 1.165) is 17.4 Å². The van der Waals surface area contributed by atoms with Crippen molar-refractivity contribution >= 4 is 24.0 Å². The number of rotatable bonds is 6. The predicted molar refractivity (Wildman–Crippen MR) is 83.9 cm³/mol. The molecule has 0 aromatic heterocycles. The van der Waals surface area contributed by atoms with E-state index in [-0.39, 0.29) is 0 Å². The highest BCUT2D eigenvalue weighted by Gasteiger charge is 2.04. The van der Waals surface area contributed by atoms with Crippen LogP contribution in [0.25, 0.3) is 6.08 Å². The molecule has 0 aliphatic carbocycles. The van der Waals surface area contributed by atoms with E-state index >= 15 is 0 Å². The molecule has 0 atom stereocenters. The summed E-state index contributed by atoms with van der Waals surface area (Å²) in [6, 6.07) is 12.9. The van der Waals surface area contributed by atoms with Gasteiger partial charge in [-0.3, -0.25) is 4.79 Å². The number of methoxy groups -OCH3 is 1. The van der Waals surface area contributed by atoms with E-state index in [9.17, 15) is 4.79 Å². The van der Waals surface area contributed by atoms with Crippen molar-refractivity contribution in [2.24, 2.45) is 0 Å². The van der Waals surface area contributed by atoms with Gasteiger partial charge in [-0.1, -0.05) is 23.7 Å². The fraction of sp³-hybridized carbons (Fsp3) is 0.118. The van der Waals surface area contributed by atoms with Gasteiger partial charge in [-0.05, 0) is 48.0 Å². The van der Waals surface area contributed by atoms with Gasteiger partial charge in [0.2, 0.25) is 0 Å². The SMILES string of the molecule is COc1ccc(OCc2ccc(Cl)cc2)c(/C=C/C=O)c1. The Morgan fingerprint density at radius 2 is 1.90 bits per heavy atom. The third-order valence-corrected chi connectivity index (χ3v) is 3.13. The largest absolute Gasteiger partial charge is 0.497 e. The second kappa shape index (κ2) is 7.50. The Hall–Kier alpha value is -2.26. The van der Waals surface area contributed by atoms with Gasteiger partial charge in [0.1, 0.15) is 24.4 Å². The lowest BCUT2D eigenvalue weighted by atomic mass is 10.1. The minimum absolute atomic E-state index is 0.422. The smallest absolute Gasteiger partial charge is 0.142 e. The number of halogens is 1. The Kier molecular flexibility index (Phi) is 5.41. The summed E-state index contributed by atoms with van der Waals surface area (Å²) in [5, 5.41) is 0.692. The Labute approximate surface area is 128 Å². The first-order valence-corrected chi connectivity index (χ1v) is 6.78. The van der Waals surface area contributed by atoms with Gasteiger partial charge in [0.25, 0.3) is 0 Å². The lowest BCUT2D eigenvalue weighted by Gasteiger charge is -2.11. The molecule has 21 heavy (non-hydrogen) atoms. The van der Waals surface area contributed by atoms with Crippen LogP contribution in [0.15, 0.2) is 48.5 Å². The van der Waals surface area contributed by atoms with Crippen LogP contribution in [0.2, 0.25) is 5.02 Å². The zero-order valence-corrected chi connectivity index (χ0v) is 12.3. The van der Waals surface area contributed by atoms with Crippen molar-refractivity contribution in [1.29, 1.82) is 0 Å². The molecule has 0 saturated heterocycles. The molecule has 0 N–H and O–H groups in total. The maximum atomic E-state index is 10.5. The number of carbonyl (C=O) groups is 1. The summed E-state index contributed by atoms with van der Waals surface area (Å²) in [5.41, 5.74) is 1.80. The van der Waals surface area contributed by atoms with Gasteiger partial charge in [0.05, 0.1) is 7.11 Å². The van der Waals surface area contributed by atoms with Gasteiger partial charge < -0.3 is 9.47 Å². The first-order chi connectivity index (χ1) is 10.2. The number of carbonyl (C=O) groups excluding carboxylic acids is 1. The summed E-state index contributed by atoms with van der Waals surface area (Å²) in [5.74, 6) is 1.39. The Balaban J connectivity index is 2.16. The fourth-order valence-electron chi connectivity index (χ4n) is 1.80. The second-order valence-electron chi connectivity index (χ2n) is 4.31. The minimum Gasteiger partial charge on any atom is -0.497 e. The normalized spacial score (nSPS) is 10.6. The average Bonchev–Trinajstić information content (AvgIpc) is 2.52. The number of ether oxygens (including phenoxy) is 2. The third-order valence-electron chi connectivity index (χ3n) is 2.88. The molecule has 2 rings (SSSR count). The first-order valence-electron chi connectivity index (χ1n) is 6.40. The van der Waals surface area contributed by atoms with Crippen LogP contribution in [0.3, 0.4) is 0 Å². The lowest BCUT2D eigenvalue weighted by Crippen LogP contribution is -1.97. The zero-order chi connectivity index (χ0) is 15.1. The van der Waals surface area contributed by atoms with Crippen LogP contribution < -0.4 is 9.47 Å². The molecule has 2 aromatic carbocycles. The Morgan fingerprint density at radius 1 is 1.14 bits per heavy atom. The monoisotopic (exact) mass is 302 g/mol. The van der Waals surface area contributed by atoms with Gasteiger partial charge in [-0.25, -0.2) is 0 Å². The standard InChI is InChI=1S/C17H15ClO3/c1-20-16-8-9-17(14(11-16)3-2-10-19)21-12-13-4-6-15(18)7-5-13/h2-11H,12H2,1H3/b3-2+. The van der Waals surface area contributed by atoms with Crippen molar-refractivity contribution in [3.8, 4) is 11.5 Å². The minimum atomic E-state index is 0.422. The Bertz CT molecular complexity index is 633. The van der Waals surface area contributed by atoms with Gasteiger partial charge in [0.15, 0.2) is 0 Å². The van der Waals surface area contributed by atoms with Crippen LogP contribution in [-0.2, 0) is 11.4 Å². The topological polar surface area (TPSA) is 35.5 Å². The Morgan fingerprint density at radius 3 is 2.57 bits per heavy atom. The highest BCUT2D eigenvalue weighted by atomic mass is 35.5. The number of aldehydes is 1. The van der Waals surface area contributed by atoms with Gasteiger partial charge in [0, 0.05) is 10.6 Å².